The molecule has 0 fully saturated rings. The van der Waals surface area contributed by atoms with Gasteiger partial charge in [0.1, 0.15) is 0 Å². The van der Waals surface area contributed by atoms with Crippen molar-refractivity contribution in [2.24, 2.45) is 5.73 Å². The first-order valence-corrected chi connectivity index (χ1v) is 6.10. The minimum Gasteiger partial charge on any atom is -0.352 e. The molecule has 7 heteroatoms. The highest BCUT2D eigenvalue weighted by atomic mass is 19.4. The molecule has 0 saturated carbocycles. The molecular weight excluding hydrogens is 247 g/mol. The highest BCUT2D eigenvalue weighted by molar-refractivity contribution is 5.78. The van der Waals surface area contributed by atoms with Crippen molar-refractivity contribution in [2.45, 2.75) is 38.9 Å². The maximum Gasteiger partial charge on any atom is 0.401 e. The van der Waals surface area contributed by atoms with Crippen LogP contribution in [0.5, 0.6) is 0 Å². The number of nitrogens with one attached hydrogen (secondary N) is 1. The van der Waals surface area contributed by atoms with Gasteiger partial charge in [0.2, 0.25) is 5.91 Å². The predicted octanol–water partition coefficient (Wildman–Crippen LogP) is 1.11. The van der Waals surface area contributed by atoms with E-state index < -0.39 is 12.7 Å². The number of hydrogen-bond acceptors (Lipinski definition) is 3. The standard InChI is InChI=1S/C11H22F3N3O/c1-3-9(4-2)16-10(18)7-17(6-5-15)8-11(12,13)14/h9H,3-8,15H2,1-2H3,(H,16,18). The molecule has 0 spiro atoms. The Morgan fingerprint density at radius 1 is 1.33 bits per heavy atom. The summed E-state index contributed by atoms with van der Waals surface area (Å²) >= 11 is 0. The number of amides is 1. The van der Waals surface area contributed by atoms with Crippen molar-refractivity contribution in [3.05, 3.63) is 0 Å². The summed E-state index contributed by atoms with van der Waals surface area (Å²) in [5.41, 5.74) is 5.24. The number of alkyl halides is 3. The predicted molar refractivity (Wildman–Crippen MR) is 64.1 cm³/mol. The Balaban J connectivity index is 4.27. The Morgan fingerprint density at radius 3 is 2.28 bits per heavy atom. The molecule has 0 aliphatic heterocycles. The first-order valence-electron chi connectivity index (χ1n) is 6.10. The molecule has 0 unspecified atom stereocenters. The van der Waals surface area contributed by atoms with E-state index in [1.54, 1.807) is 0 Å². The number of nitrogens with two attached hydrogens (primary N) is 1. The number of nitrogens with zero attached hydrogens (tertiary/aromatic N) is 1. The van der Waals surface area contributed by atoms with Crippen LogP contribution in [-0.2, 0) is 4.79 Å². The van der Waals surface area contributed by atoms with E-state index in [0.29, 0.717) is 0 Å². The maximum atomic E-state index is 12.3. The van der Waals surface area contributed by atoms with Crippen LogP contribution in [0.2, 0.25) is 0 Å². The van der Waals surface area contributed by atoms with Gasteiger partial charge in [-0.3, -0.25) is 9.69 Å². The number of carbonyl (C=O) groups excluding carboxylic acids is 1. The van der Waals surface area contributed by atoms with Gasteiger partial charge in [-0.1, -0.05) is 13.8 Å². The molecule has 0 saturated heterocycles. The first-order chi connectivity index (χ1) is 8.32. The lowest BCUT2D eigenvalue weighted by atomic mass is 10.2. The Labute approximate surface area is 106 Å². The molecule has 0 aromatic rings. The molecule has 0 atom stereocenters. The quantitative estimate of drug-likeness (QED) is 0.694. The Kier molecular flexibility index (Phi) is 7.93. The van der Waals surface area contributed by atoms with Crippen LogP contribution < -0.4 is 11.1 Å². The highest BCUT2D eigenvalue weighted by Crippen LogP contribution is 2.15. The molecule has 0 rings (SSSR count). The lowest BCUT2D eigenvalue weighted by Crippen LogP contribution is -2.46. The van der Waals surface area contributed by atoms with Gasteiger partial charge in [-0.05, 0) is 12.8 Å². The monoisotopic (exact) mass is 269 g/mol. The average molecular weight is 269 g/mol. The number of hydrogen-bond donors (Lipinski definition) is 2. The van der Waals surface area contributed by atoms with Crippen LogP contribution in [0.15, 0.2) is 0 Å². The summed E-state index contributed by atoms with van der Waals surface area (Å²) in [6.07, 6.45) is -2.79. The average Bonchev–Trinajstić information content (AvgIpc) is 2.23. The molecule has 0 heterocycles. The van der Waals surface area contributed by atoms with Crippen molar-refractivity contribution >= 4 is 5.91 Å². The van der Waals surface area contributed by atoms with Gasteiger partial charge in [0.15, 0.2) is 0 Å². The van der Waals surface area contributed by atoms with Crippen molar-refractivity contribution in [1.82, 2.24) is 10.2 Å². The lowest BCUT2D eigenvalue weighted by Gasteiger charge is -2.23. The summed E-state index contributed by atoms with van der Waals surface area (Å²) in [6, 6.07) is 0.0168. The second-order valence-electron chi connectivity index (χ2n) is 4.20. The van der Waals surface area contributed by atoms with Crippen LogP contribution in [0.25, 0.3) is 0 Å². The number of carbonyl (C=O) groups is 1. The van der Waals surface area contributed by atoms with E-state index in [1.807, 2.05) is 13.8 Å². The summed E-state index contributed by atoms with van der Waals surface area (Å²) < 4.78 is 36.8. The van der Waals surface area contributed by atoms with E-state index in [-0.39, 0.29) is 31.6 Å². The van der Waals surface area contributed by atoms with Crippen molar-refractivity contribution in [3.8, 4) is 0 Å². The van der Waals surface area contributed by atoms with E-state index in [9.17, 15) is 18.0 Å². The number of rotatable bonds is 8. The topological polar surface area (TPSA) is 58.4 Å². The number of halogens is 3. The van der Waals surface area contributed by atoms with Gasteiger partial charge in [-0.2, -0.15) is 13.2 Å². The SMILES string of the molecule is CCC(CC)NC(=O)CN(CCN)CC(F)(F)F. The second-order valence-corrected chi connectivity index (χ2v) is 4.20. The molecule has 0 aromatic heterocycles. The zero-order valence-corrected chi connectivity index (χ0v) is 10.9. The summed E-state index contributed by atoms with van der Waals surface area (Å²) in [5, 5.41) is 2.70. The molecule has 0 bridgehead atoms. The highest BCUT2D eigenvalue weighted by Gasteiger charge is 2.31. The van der Waals surface area contributed by atoms with Crippen LogP contribution >= 0.6 is 0 Å². The minimum absolute atomic E-state index is 0.0168. The van der Waals surface area contributed by atoms with Gasteiger partial charge in [-0.15, -0.1) is 0 Å². The van der Waals surface area contributed by atoms with Crippen LogP contribution in [0.1, 0.15) is 26.7 Å². The summed E-state index contributed by atoms with van der Waals surface area (Å²) in [4.78, 5) is 12.6. The van der Waals surface area contributed by atoms with Crippen LogP contribution in [0, 0.1) is 0 Å². The largest absolute Gasteiger partial charge is 0.401 e. The van der Waals surface area contributed by atoms with Gasteiger partial charge in [0.05, 0.1) is 13.1 Å². The lowest BCUT2D eigenvalue weighted by molar-refractivity contribution is -0.148. The van der Waals surface area contributed by atoms with E-state index in [2.05, 4.69) is 5.32 Å². The summed E-state index contributed by atoms with van der Waals surface area (Å²) in [7, 11) is 0. The van der Waals surface area contributed by atoms with E-state index >= 15 is 0 Å². The third kappa shape index (κ3) is 8.30. The first kappa shape index (κ1) is 17.2. The Bertz CT molecular complexity index is 242. The smallest absolute Gasteiger partial charge is 0.352 e. The fraction of sp³-hybridized carbons (Fsp3) is 0.909. The van der Waals surface area contributed by atoms with E-state index in [1.165, 1.54) is 0 Å². The Morgan fingerprint density at radius 2 is 1.89 bits per heavy atom. The maximum absolute atomic E-state index is 12.3. The van der Waals surface area contributed by atoms with Gasteiger partial charge in [0, 0.05) is 19.1 Å². The minimum atomic E-state index is -4.32. The fourth-order valence-corrected chi connectivity index (χ4v) is 1.62. The molecule has 3 N–H and O–H groups in total. The molecular formula is C11H22F3N3O. The third-order valence-corrected chi connectivity index (χ3v) is 2.57. The molecule has 0 aliphatic carbocycles. The second kappa shape index (κ2) is 8.31. The van der Waals surface area contributed by atoms with Crippen molar-refractivity contribution in [2.75, 3.05) is 26.2 Å². The van der Waals surface area contributed by atoms with Crippen molar-refractivity contribution < 1.29 is 18.0 Å². The van der Waals surface area contributed by atoms with Crippen molar-refractivity contribution in [3.63, 3.8) is 0 Å². The van der Waals surface area contributed by atoms with Gasteiger partial charge < -0.3 is 11.1 Å². The summed E-state index contributed by atoms with van der Waals surface area (Å²) in [6.45, 7) is 2.60. The molecule has 108 valence electrons. The van der Waals surface area contributed by atoms with Crippen LogP contribution in [-0.4, -0.2) is 49.2 Å². The van der Waals surface area contributed by atoms with Crippen LogP contribution in [0.4, 0.5) is 13.2 Å². The molecule has 4 nitrogen and oxygen atoms in total. The fourth-order valence-electron chi connectivity index (χ4n) is 1.62. The molecule has 0 radical (unpaired) electrons. The van der Waals surface area contributed by atoms with Crippen LogP contribution in [0.3, 0.4) is 0 Å². The zero-order valence-electron chi connectivity index (χ0n) is 10.9. The van der Waals surface area contributed by atoms with Gasteiger partial charge in [-0.25, -0.2) is 0 Å². The third-order valence-electron chi connectivity index (χ3n) is 2.57. The van der Waals surface area contributed by atoms with Gasteiger partial charge in [0.25, 0.3) is 0 Å². The molecule has 1 amide bonds. The molecule has 0 aliphatic rings. The summed E-state index contributed by atoms with van der Waals surface area (Å²) in [5.74, 6) is -0.388. The van der Waals surface area contributed by atoms with Gasteiger partial charge >= 0.3 is 6.18 Å². The normalized spacial score (nSPS) is 12.2. The Hall–Kier alpha value is -0.820. The zero-order chi connectivity index (χ0) is 14.2. The van der Waals surface area contributed by atoms with Crippen molar-refractivity contribution in [1.29, 1.82) is 0 Å². The molecule has 18 heavy (non-hydrogen) atoms. The van der Waals surface area contributed by atoms with E-state index in [0.717, 1.165) is 17.7 Å². The van der Waals surface area contributed by atoms with E-state index in [4.69, 9.17) is 5.73 Å². The molecule has 0 aromatic carbocycles.